The maximum absolute atomic E-state index is 12.0. The van der Waals surface area contributed by atoms with Crippen LogP contribution in [0.15, 0.2) is 10.6 Å². The Bertz CT molecular complexity index is 326. The van der Waals surface area contributed by atoms with Crippen LogP contribution < -0.4 is 5.32 Å². The van der Waals surface area contributed by atoms with Crippen LogP contribution in [0.25, 0.3) is 0 Å². The predicted molar refractivity (Wildman–Crippen MR) is 54.7 cm³/mol. The van der Waals surface area contributed by atoms with Crippen LogP contribution in [-0.2, 0) is 17.6 Å². The highest BCUT2D eigenvalue weighted by molar-refractivity contribution is 4.96. The van der Waals surface area contributed by atoms with Crippen molar-refractivity contribution in [3.63, 3.8) is 0 Å². The molecule has 0 amide bonds. The first-order valence-electron chi connectivity index (χ1n) is 5.21. The van der Waals surface area contributed by atoms with Crippen molar-refractivity contribution in [3.05, 3.63) is 17.8 Å². The SMILES string of the molecule is COCCNCCc1ncc(CC(F)(F)F)o1. The van der Waals surface area contributed by atoms with E-state index in [4.69, 9.17) is 9.15 Å². The number of ether oxygens (including phenoxy) is 1. The first-order chi connectivity index (χ1) is 8.01. The Kier molecular flexibility index (Phi) is 5.43. The Labute approximate surface area is 97.2 Å². The molecule has 0 unspecified atom stereocenters. The lowest BCUT2D eigenvalue weighted by Gasteiger charge is -2.02. The molecule has 1 N–H and O–H groups in total. The van der Waals surface area contributed by atoms with Crippen LogP contribution in [0, 0.1) is 0 Å². The van der Waals surface area contributed by atoms with E-state index in [1.807, 2.05) is 0 Å². The average molecular weight is 252 g/mol. The van der Waals surface area contributed by atoms with Gasteiger partial charge in [0.15, 0.2) is 5.89 Å². The molecule has 17 heavy (non-hydrogen) atoms. The summed E-state index contributed by atoms with van der Waals surface area (Å²) in [7, 11) is 1.60. The Morgan fingerprint density at radius 1 is 1.41 bits per heavy atom. The number of aromatic nitrogens is 1. The van der Waals surface area contributed by atoms with Gasteiger partial charge in [-0.3, -0.25) is 0 Å². The van der Waals surface area contributed by atoms with Gasteiger partial charge < -0.3 is 14.5 Å². The third-order valence-electron chi connectivity index (χ3n) is 1.97. The normalized spacial score (nSPS) is 12.0. The van der Waals surface area contributed by atoms with Crippen molar-refractivity contribution in [1.29, 1.82) is 0 Å². The van der Waals surface area contributed by atoms with Crippen molar-refractivity contribution in [3.8, 4) is 0 Å². The molecule has 0 fully saturated rings. The molecule has 1 heterocycles. The van der Waals surface area contributed by atoms with Crippen LogP contribution in [0.4, 0.5) is 13.2 Å². The van der Waals surface area contributed by atoms with Crippen LogP contribution in [0.1, 0.15) is 11.7 Å². The first-order valence-corrected chi connectivity index (χ1v) is 5.21. The van der Waals surface area contributed by atoms with E-state index in [-0.39, 0.29) is 5.76 Å². The second-order valence-electron chi connectivity index (χ2n) is 3.51. The van der Waals surface area contributed by atoms with Crippen LogP contribution in [0.3, 0.4) is 0 Å². The fraction of sp³-hybridized carbons (Fsp3) is 0.700. The number of halogens is 3. The number of hydrogen-bond acceptors (Lipinski definition) is 4. The van der Waals surface area contributed by atoms with Crippen molar-refractivity contribution in [2.24, 2.45) is 0 Å². The zero-order chi connectivity index (χ0) is 12.7. The second kappa shape index (κ2) is 6.61. The average Bonchev–Trinajstić information content (AvgIpc) is 2.63. The molecule has 1 aromatic heterocycles. The summed E-state index contributed by atoms with van der Waals surface area (Å²) in [6.45, 7) is 1.87. The van der Waals surface area contributed by atoms with E-state index in [9.17, 15) is 13.2 Å². The maximum Gasteiger partial charge on any atom is 0.396 e. The summed E-state index contributed by atoms with van der Waals surface area (Å²) in [5.41, 5.74) is 0. The van der Waals surface area contributed by atoms with Crippen molar-refractivity contribution in [2.75, 3.05) is 26.8 Å². The van der Waals surface area contributed by atoms with Gasteiger partial charge in [0.05, 0.1) is 12.8 Å². The fourth-order valence-electron chi connectivity index (χ4n) is 1.24. The lowest BCUT2D eigenvalue weighted by Crippen LogP contribution is -2.21. The molecule has 1 aromatic rings. The standard InChI is InChI=1S/C10H15F3N2O2/c1-16-5-4-14-3-2-9-15-7-8(17-9)6-10(11,12)13/h7,14H,2-6H2,1H3. The quantitative estimate of drug-likeness (QED) is 0.748. The van der Waals surface area contributed by atoms with Gasteiger partial charge in [-0.2, -0.15) is 13.2 Å². The Morgan fingerprint density at radius 3 is 2.82 bits per heavy atom. The Hall–Kier alpha value is -1.08. The predicted octanol–water partition coefficient (Wildman–Crippen LogP) is 1.56. The van der Waals surface area contributed by atoms with Gasteiger partial charge in [-0.1, -0.05) is 0 Å². The molecule has 98 valence electrons. The molecule has 0 aliphatic carbocycles. The highest BCUT2D eigenvalue weighted by Crippen LogP contribution is 2.21. The van der Waals surface area contributed by atoms with Gasteiger partial charge in [0, 0.05) is 26.6 Å². The zero-order valence-electron chi connectivity index (χ0n) is 9.51. The topological polar surface area (TPSA) is 47.3 Å². The summed E-state index contributed by atoms with van der Waals surface area (Å²) in [5.74, 6) is 0.165. The van der Waals surface area contributed by atoms with Gasteiger partial charge in [0.2, 0.25) is 0 Å². The number of hydrogen-bond donors (Lipinski definition) is 1. The van der Waals surface area contributed by atoms with Crippen molar-refractivity contribution >= 4 is 0 Å². The molecule has 0 aliphatic rings. The van der Waals surface area contributed by atoms with E-state index in [0.29, 0.717) is 32.0 Å². The van der Waals surface area contributed by atoms with Gasteiger partial charge in [-0.25, -0.2) is 4.98 Å². The first kappa shape index (κ1) is 14.0. The molecule has 0 bridgehead atoms. The van der Waals surface area contributed by atoms with Gasteiger partial charge in [0.25, 0.3) is 0 Å². The van der Waals surface area contributed by atoms with E-state index in [2.05, 4.69) is 10.3 Å². The Morgan fingerprint density at radius 2 is 2.18 bits per heavy atom. The Balaban J connectivity index is 2.26. The molecular formula is C10H15F3N2O2. The number of rotatable bonds is 7. The maximum atomic E-state index is 12.0. The number of oxazole rings is 1. The molecule has 0 aromatic carbocycles. The van der Waals surface area contributed by atoms with Crippen molar-refractivity contribution in [1.82, 2.24) is 10.3 Å². The largest absolute Gasteiger partial charge is 0.445 e. The van der Waals surface area contributed by atoms with Crippen LogP contribution in [0.5, 0.6) is 0 Å². The monoisotopic (exact) mass is 252 g/mol. The highest BCUT2D eigenvalue weighted by Gasteiger charge is 2.29. The lowest BCUT2D eigenvalue weighted by atomic mass is 10.3. The van der Waals surface area contributed by atoms with Gasteiger partial charge in [-0.05, 0) is 0 Å². The summed E-state index contributed by atoms with van der Waals surface area (Å²) < 4.78 is 45.9. The number of nitrogens with one attached hydrogen (secondary N) is 1. The van der Waals surface area contributed by atoms with Gasteiger partial charge in [-0.15, -0.1) is 0 Å². The molecule has 0 saturated heterocycles. The molecule has 4 nitrogen and oxygen atoms in total. The number of alkyl halides is 3. The minimum atomic E-state index is -4.26. The summed E-state index contributed by atoms with van der Waals surface area (Å²) in [6.07, 6.45) is -3.75. The zero-order valence-corrected chi connectivity index (χ0v) is 9.51. The van der Waals surface area contributed by atoms with E-state index in [1.165, 1.54) is 0 Å². The molecule has 0 aliphatic heterocycles. The van der Waals surface area contributed by atoms with Crippen molar-refractivity contribution in [2.45, 2.75) is 19.0 Å². The summed E-state index contributed by atoms with van der Waals surface area (Å²) in [5, 5.41) is 3.05. The van der Waals surface area contributed by atoms with E-state index < -0.39 is 12.6 Å². The molecular weight excluding hydrogens is 237 g/mol. The summed E-state index contributed by atoms with van der Waals surface area (Å²) in [4.78, 5) is 3.78. The third-order valence-corrected chi connectivity index (χ3v) is 1.97. The lowest BCUT2D eigenvalue weighted by molar-refractivity contribution is -0.130. The summed E-state index contributed by atoms with van der Waals surface area (Å²) in [6, 6.07) is 0. The molecule has 0 saturated carbocycles. The number of methoxy groups -OCH3 is 1. The molecule has 0 spiro atoms. The minimum absolute atomic E-state index is 0.149. The van der Waals surface area contributed by atoms with Crippen LogP contribution in [-0.4, -0.2) is 38.0 Å². The fourth-order valence-corrected chi connectivity index (χ4v) is 1.24. The van der Waals surface area contributed by atoms with Crippen molar-refractivity contribution < 1.29 is 22.3 Å². The number of nitrogens with zero attached hydrogens (tertiary/aromatic N) is 1. The van der Waals surface area contributed by atoms with Crippen LogP contribution in [0.2, 0.25) is 0 Å². The van der Waals surface area contributed by atoms with E-state index in [0.717, 1.165) is 6.20 Å². The highest BCUT2D eigenvalue weighted by atomic mass is 19.4. The third kappa shape index (κ3) is 6.28. The van der Waals surface area contributed by atoms with Gasteiger partial charge >= 0.3 is 6.18 Å². The van der Waals surface area contributed by atoms with Gasteiger partial charge in [0.1, 0.15) is 12.2 Å². The van der Waals surface area contributed by atoms with E-state index >= 15 is 0 Å². The molecule has 0 radical (unpaired) electrons. The van der Waals surface area contributed by atoms with Crippen LogP contribution >= 0.6 is 0 Å². The minimum Gasteiger partial charge on any atom is -0.445 e. The molecule has 0 atom stereocenters. The smallest absolute Gasteiger partial charge is 0.396 e. The molecule has 1 rings (SSSR count). The second-order valence-corrected chi connectivity index (χ2v) is 3.51. The van der Waals surface area contributed by atoms with E-state index in [1.54, 1.807) is 7.11 Å². The summed E-state index contributed by atoms with van der Waals surface area (Å²) >= 11 is 0. The molecule has 7 heteroatoms.